The largest absolute Gasteiger partial charge is 0.508 e. The number of hydrogen-bond donors (Lipinski definition) is 3. The molecule has 0 spiro atoms. The van der Waals surface area contributed by atoms with Crippen LogP contribution in [0, 0.1) is 5.92 Å². The minimum absolute atomic E-state index is 0.0147. The van der Waals surface area contributed by atoms with Gasteiger partial charge in [-0.1, -0.05) is 0 Å². The van der Waals surface area contributed by atoms with E-state index in [1.54, 1.807) is 4.90 Å². The number of likely N-dealkylation sites (tertiary alicyclic amines) is 1. The van der Waals surface area contributed by atoms with Crippen LogP contribution in [0.15, 0.2) is 18.2 Å². The lowest BCUT2D eigenvalue weighted by Crippen LogP contribution is -2.38. The highest BCUT2D eigenvalue weighted by Crippen LogP contribution is 2.26. The summed E-state index contributed by atoms with van der Waals surface area (Å²) >= 11 is 0. The van der Waals surface area contributed by atoms with E-state index in [0.717, 1.165) is 19.3 Å². The summed E-state index contributed by atoms with van der Waals surface area (Å²) in [5, 5.41) is 19.1. The molecule has 0 bridgehead atoms. The Morgan fingerprint density at radius 3 is 2.63 bits per heavy atom. The third-order valence-electron chi connectivity index (χ3n) is 3.69. The number of phenols is 2. The fraction of sp³-hybridized carbons (Fsp3) is 0.500. The van der Waals surface area contributed by atoms with Gasteiger partial charge in [-0.05, 0) is 49.9 Å². The topological polar surface area (TPSA) is 86.8 Å². The SMILES string of the molecule is NCCC1CCN(C(=O)c2cc(O)ccc2O)CC1. The van der Waals surface area contributed by atoms with Gasteiger partial charge in [-0.15, -0.1) is 0 Å². The molecule has 0 atom stereocenters. The number of carbonyl (C=O) groups excluding carboxylic acids is 1. The quantitative estimate of drug-likeness (QED) is 0.718. The Bertz CT molecular complexity index is 454. The van der Waals surface area contributed by atoms with Gasteiger partial charge < -0.3 is 20.8 Å². The van der Waals surface area contributed by atoms with Gasteiger partial charge in [0.25, 0.3) is 5.91 Å². The molecule has 5 nitrogen and oxygen atoms in total. The van der Waals surface area contributed by atoms with Crippen LogP contribution in [0.1, 0.15) is 29.6 Å². The van der Waals surface area contributed by atoms with Crippen molar-refractivity contribution in [3.8, 4) is 11.5 Å². The zero-order valence-electron chi connectivity index (χ0n) is 10.9. The average molecular weight is 264 g/mol. The highest BCUT2D eigenvalue weighted by Gasteiger charge is 2.24. The number of aromatic hydroxyl groups is 2. The number of hydrogen-bond acceptors (Lipinski definition) is 4. The molecule has 5 heteroatoms. The monoisotopic (exact) mass is 264 g/mol. The molecule has 0 aromatic heterocycles. The molecule has 0 unspecified atom stereocenters. The van der Waals surface area contributed by atoms with Gasteiger partial charge in [0.1, 0.15) is 11.5 Å². The second-order valence-corrected chi connectivity index (χ2v) is 5.01. The molecule has 1 fully saturated rings. The van der Waals surface area contributed by atoms with E-state index in [1.807, 2.05) is 0 Å². The van der Waals surface area contributed by atoms with Crippen molar-refractivity contribution in [1.82, 2.24) is 4.90 Å². The van der Waals surface area contributed by atoms with Crippen molar-refractivity contribution >= 4 is 5.91 Å². The van der Waals surface area contributed by atoms with E-state index in [4.69, 9.17) is 5.73 Å². The van der Waals surface area contributed by atoms with Gasteiger partial charge in [0.2, 0.25) is 0 Å². The summed E-state index contributed by atoms with van der Waals surface area (Å²) in [5.74, 6) is 0.262. The lowest BCUT2D eigenvalue weighted by atomic mass is 9.93. The first-order chi connectivity index (χ1) is 9.11. The number of piperidine rings is 1. The second kappa shape index (κ2) is 5.93. The van der Waals surface area contributed by atoms with Crippen molar-refractivity contribution in [2.24, 2.45) is 11.7 Å². The van der Waals surface area contributed by atoms with Crippen LogP contribution in [0.2, 0.25) is 0 Å². The maximum absolute atomic E-state index is 12.3. The van der Waals surface area contributed by atoms with Crippen molar-refractivity contribution < 1.29 is 15.0 Å². The number of rotatable bonds is 3. The number of phenolic OH excluding ortho intramolecular Hbond substituents is 2. The van der Waals surface area contributed by atoms with Gasteiger partial charge in [0.15, 0.2) is 0 Å². The molecular weight excluding hydrogens is 244 g/mol. The summed E-state index contributed by atoms with van der Waals surface area (Å²) in [6.07, 6.45) is 2.89. The predicted molar refractivity (Wildman–Crippen MR) is 72.1 cm³/mol. The molecule has 0 radical (unpaired) electrons. The summed E-state index contributed by atoms with van der Waals surface area (Å²) in [6.45, 7) is 2.04. The van der Waals surface area contributed by atoms with Crippen molar-refractivity contribution in [3.05, 3.63) is 23.8 Å². The predicted octanol–water partition coefficient (Wildman–Crippen LogP) is 1.30. The van der Waals surface area contributed by atoms with Crippen molar-refractivity contribution in [1.29, 1.82) is 0 Å². The van der Waals surface area contributed by atoms with Crippen LogP contribution in [0.4, 0.5) is 0 Å². The minimum atomic E-state index is -0.223. The number of nitrogens with two attached hydrogens (primary N) is 1. The molecule has 1 amide bonds. The Labute approximate surface area is 112 Å². The Morgan fingerprint density at radius 1 is 1.32 bits per heavy atom. The lowest BCUT2D eigenvalue weighted by molar-refractivity contribution is 0.0684. The fourth-order valence-corrected chi connectivity index (χ4v) is 2.53. The van der Waals surface area contributed by atoms with E-state index in [0.29, 0.717) is 25.6 Å². The van der Waals surface area contributed by atoms with Gasteiger partial charge in [-0.2, -0.15) is 0 Å². The highest BCUT2D eigenvalue weighted by atomic mass is 16.3. The van der Waals surface area contributed by atoms with Crippen LogP contribution in [-0.2, 0) is 0 Å². The Kier molecular flexibility index (Phi) is 4.27. The van der Waals surface area contributed by atoms with E-state index >= 15 is 0 Å². The molecular formula is C14H20N2O3. The zero-order valence-corrected chi connectivity index (χ0v) is 10.9. The Morgan fingerprint density at radius 2 is 2.00 bits per heavy atom. The Balaban J connectivity index is 2.03. The summed E-state index contributed by atoms with van der Waals surface area (Å²) in [4.78, 5) is 14.0. The summed E-state index contributed by atoms with van der Waals surface area (Å²) < 4.78 is 0. The van der Waals surface area contributed by atoms with Crippen LogP contribution >= 0.6 is 0 Å². The molecule has 1 aromatic rings. The van der Waals surface area contributed by atoms with Gasteiger partial charge in [0.05, 0.1) is 5.56 Å². The molecule has 1 aliphatic heterocycles. The van der Waals surface area contributed by atoms with Gasteiger partial charge in [-0.3, -0.25) is 4.79 Å². The number of amides is 1. The van der Waals surface area contributed by atoms with Crippen LogP contribution < -0.4 is 5.73 Å². The lowest BCUT2D eigenvalue weighted by Gasteiger charge is -2.32. The summed E-state index contributed by atoms with van der Waals surface area (Å²) in [7, 11) is 0. The maximum Gasteiger partial charge on any atom is 0.257 e. The molecule has 0 saturated carbocycles. The minimum Gasteiger partial charge on any atom is -0.508 e. The summed E-state index contributed by atoms with van der Waals surface area (Å²) in [6, 6.07) is 4.01. The van der Waals surface area contributed by atoms with Crippen LogP contribution in [0.3, 0.4) is 0 Å². The van der Waals surface area contributed by atoms with Crippen molar-refractivity contribution in [2.45, 2.75) is 19.3 Å². The Hall–Kier alpha value is -1.75. The molecule has 1 aliphatic rings. The molecule has 1 saturated heterocycles. The van der Waals surface area contributed by atoms with Gasteiger partial charge in [0, 0.05) is 13.1 Å². The molecule has 1 heterocycles. The van der Waals surface area contributed by atoms with Crippen molar-refractivity contribution in [2.75, 3.05) is 19.6 Å². The first-order valence-corrected chi connectivity index (χ1v) is 6.63. The molecule has 19 heavy (non-hydrogen) atoms. The number of nitrogens with zero attached hydrogens (tertiary/aromatic N) is 1. The van der Waals surface area contributed by atoms with Crippen LogP contribution in [0.5, 0.6) is 11.5 Å². The average Bonchev–Trinajstić information content (AvgIpc) is 2.42. The molecule has 4 N–H and O–H groups in total. The first-order valence-electron chi connectivity index (χ1n) is 6.63. The number of carbonyl (C=O) groups is 1. The fourth-order valence-electron chi connectivity index (χ4n) is 2.53. The third-order valence-corrected chi connectivity index (χ3v) is 3.69. The van der Waals surface area contributed by atoms with E-state index in [-0.39, 0.29) is 23.0 Å². The van der Waals surface area contributed by atoms with E-state index < -0.39 is 0 Å². The van der Waals surface area contributed by atoms with E-state index in [2.05, 4.69) is 0 Å². The number of benzene rings is 1. The standard InChI is InChI=1S/C14H20N2O3/c15-6-3-10-4-7-16(8-5-10)14(19)12-9-11(17)1-2-13(12)18/h1-2,9-10,17-18H,3-8,15H2. The molecule has 104 valence electrons. The van der Waals surface area contributed by atoms with Crippen LogP contribution in [-0.4, -0.2) is 40.7 Å². The third kappa shape index (κ3) is 3.17. The van der Waals surface area contributed by atoms with Gasteiger partial charge >= 0.3 is 0 Å². The maximum atomic E-state index is 12.3. The second-order valence-electron chi connectivity index (χ2n) is 5.01. The molecule has 0 aliphatic carbocycles. The summed E-state index contributed by atoms with van der Waals surface area (Å²) in [5.41, 5.74) is 5.70. The molecule has 1 aromatic carbocycles. The molecule has 2 rings (SSSR count). The van der Waals surface area contributed by atoms with E-state index in [1.165, 1.54) is 18.2 Å². The van der Waals surface area contributed by atoms with Crippen LogP contribution in [0.25, 0.3) is 0 Å². The normalized spacial score (nSPS) is 16.6. The first kappa shape index (κ1) is 13.7. The highest BCUT2D eigenvalue weighted by molar-refractivity contribution is 5.97. The van der Waals surface area contributed by atoms with Crippen molar-refractivity contribution in [3.63, 3.8) is 0 Å². The van der Waals surface area contributed by atoms with E-state index in [9.17, 15) is 15.0 Å². The zero-order chi connectivity index (χ0) is 13.8. The van der Waals surface area contributed by atoms with Gasteiger partial charge in [-0.25, -0.2) is 0 Å². The smallest absolute Gasteiger partial charge is 0.257 e.